The van der Waals surface area contributed by atoms with E-state index in [4.69, 9.17) is 4.74 Å². The summed E-state index contributed by atoms with van der Waals surface area (Å²) in [6.45, 7) is 16.2. The quantitative estimate of drug-likeness (QED) is 0.341. The average Bonchev–Trinajstić information content (AvgIpc) is 2.78. The van der Waals surface area contributed by atoms with Crippen molar-refractivity contribution in [3.8, 4) is 0 Å². The number of methoxy groups -OCH3 is 1. The number of carbonyl (C=O) groups excluding carboxylic acids is 2. The van der Waals surface area contributed by atoms with Crippen LogP contribution in [0.2, 0.25) is 0 Å². The Hall–Kier alpha value is -1.16. The first-order chi connectivity index (χ1) is 16.1. The number of allylic oxidation sites excluding steroid dienone is 2. The Bertz CT molecular complexity index is 980. The van der Waals surface area contributed by atoms with Gasteiger partial charge in [0.2, 0.25) is 0 Å². The molecule has 1 unspecified atom stereocenters. The number of aliphatic hydroxyl groups is 1. The topological polar surface area (TPSA) is 63.6 Å². The largest absolute Gasteiger partial charge is 0.469 e. The van der Waals surface area contributed by atoms with E-state index in [-0.39, 0.29) is 39.0 Å². The first kappa shape index (κ1) is 25.5. The van der Waals surface area contributed by atoms with Gasteiger partial charge < -0.3 is 9.84 Å². The zero-order valence-corrected chi connectivity index (χ0v) is 23.4. The number of carbonyl (C=O) groups is 2. The summed E-state index contributed by atoms with van der Waals surface area (Å²) in [6, 6.07) is 0. The first-order valence-electron chi connectivity index (χ1n) is 14.1. The summed E-state index contributed by atoms with van der Waals surface area (Å²) < 4.78 is 5.22. The molecule has 4 nitrogen and oxygen atoms in total. The van der Waals surface area contributed by atoms with Gasteiger partial charge in [-0.15, -0.1) is 0 Å². The molecule has 0 amide bonds. The molecule has 0 aromatic rings. The lowest BCUT2D eigenvalue weighted by Gasteiger charge is -2.71. The van der Waals surface area contributed by atoms with Crippen LogP contribution in [-0.4, -0.2) is 30.1 Å². The fraction of sp³-hybridized carbons (Fsp3) is 0.871. The summed E-state index contributed by atoms with van der Waals surface area (Å²) in [6.07, 6.45) is 10.4. The van der Waals surface area contributed by atoms with Crippen LogP contribution < -0.4 is 0 Å². The highest BCUT2D eigenvalue weighted by Crippen LogP contribution is 2.75. The van der Waals surface area contributed by atoms with Crippen LogP contribution in [0.5, 0.6) is 0 Å². The molecule has 4 fully saturated rings. The van der Waals surface area contributed by atoms with Crippen LogP contribution in [0.4, 0.5) is 0 Å². The second-order valence-corrected chi connectivity index (χ2v) is 15.0. The Kier molecular flexibility index (Phi) is 5.43. The van der Waals surface area contributed by atoms with E-state index in [1.54, 1.807) is 0 Å². The molecule has 4 saturated carbocycles. The van der Waals surface area contributed by atoms with E-state index in [0.29, 0.717) is 30.5 Å². The monoisotopic (exact) mass is 484 g/mol. The zero-order chi connectivity index (χ0) is 25.8. The number of aliphatic hydroxyl groups excluding tert-OH is 1. The SMILES string of the molecule is COC(=O)[C@]1(C)CC(O)[C@]2(C)CC[C@]3(C)C(=CC[C@@H]4[C@@]5(C)CCC(=O)C(C)(C)[C@@H]5CC[C@]43C)[C@@H]2C1. The zero-order valence-electron chi connectivity index (χ0n) is 23.4. The molecule has 5 rings (SSSR count). The minimum atomic E-state index is -0.646. The van der Waals surface area contributed by atoms with Crippen LogP contribution in [0.3, 0.4) is 0 Å². The second-order valence-electron chi connectivity index (χ2n) is 15.0. The second kappa shape index (κ2) is 7.45. The summed E-state index contributed by atoms with van der Waals surface area (Å²) in [5.74, 6) is 1.46. The lowest BCUT2D eigenvalue weighted by atomic mass is 9.33. The molecule has 0 radical (unpaired) electrons. The van der Waals surface area contributed by atoms with Gasteiger partial charge >= 0.3 is 5.97 Å². The molecular formula is C31H48O4. The van der Waals surface area contributed by atoms with Crippen LogP contribution in [0, 0.1) is 50.2 Å². The molecule has 0 aromatic carbocycles. The van der Waals surface area contributed by atoms with Crippen molar-refractivity contribution in [1.82, 2.24) is 0 Å². The van der Waals surface area contributed by atoms with Crippen LogP contribution in [0.15, 0.2) is 11.6 Å². The maximum atomic E-state index is 12.9. The molecule has 0 saturated heterocycles. The van der Waals surface area contributed by atoms with Gasteiger partial charge in [-0.25, -0.2) is 0 Å². The summed E-state index contributed by atoms with van der Waals surface area (Å²) in [5, 5.41) is 11.4. The van der Waals surface area contributed by atoms with Crippen LogP contribution in [0.1, 0.15) is 106 Å². The van der Waals surface area contributed by atoms with Gasteiger partial charge in [0.15, 0.2) is 0 Å². The van der Waals surface area contributed by atoms with Crippen molar-refractivity contribution in [2.75, 3.05) is 7.11 Å². The fourth-order valence-corrected chi connectivity index (χ4v) is 10.7. The number of rotatable bonds is 1. The van der Waals surface area contributed by atoms with Crippen molar-refractivity contribution in [3.63, 3.8) is 0 Å². The summed E-state index contributed by atoms with van der Waals surface area (Å²) >= 11 is 0. The number of ketones is 1. The molecule has 196 valence electrons. The Labute approximate surface area is 212 Å². The highest BCUT2D eigenvalue weighted by atomic mass is 16.5. The highest BCUT2D eigenvalue weighted by molar-refractivity contribution is 5.85. The third kappa shape index (κ3) is 3.01. The molecule has 1 N–H and O–H groups in total. The van der Waals surface area contributed by atoms with E-state index < -0.39 is 11.5 Å². The fourth-order valence-electron chi connectivity index (χ4n) is 10.7. The predicted molar refractivity (Wildman–Crippen MR) is 137 cm³/mol. The molecule has 0 heterocycles. The van der Waals surface area contributed by atoms with Gasteiger partial charge in [0.05, 0.1) is 18.6 Å². The lowest BCUT2D eigenvalue weighted by molar-refractivity contribution is -0.194. The van der Waals surface area contributed by atoms with E-state index in [1.165, 1.54) is 12.7 Å². The van der Waals surface area contributed by atoms with Crippen molar-refractivity contribution in [2.24, 2.45) is 50.2 Å². The van der Waals surface area contributed by atoms with Crippen molar-refractivity contribution >= 4 is 11.8 Å². The number of fused-ring (bicyclic) bond motifs is 7. The number of hydrogen-bond acceptors (Lipinski definition) is 4. The molecule has 0 aliphatic heterocycles. The third-order valence-electron chi connectivity index (χ3n) is 13.3. The molecular weight excluding hydrogens is 436 g/mol. The van der Waals surface area contributed by atoms with Gasteiger partial charge in [-0.2, -0.15) is 0 Å². The lowest BCUT2D eigenvalue weighted by Crippen LogP contribution is -2.65. The molecule has 5 aliphatic carbocycles. The van der Waals surface area contributed by atoms with Gasteiger partial charge in [-0.05, 0) is 92.3 Å². The summed E-state index contributed by atoms with van der Waals surface area (Å²) in [7, 11) is 1.47. The van der Waals surface area contributed by atoms with Gasteiger partial charge in [0.1, 0.15) is 5.78 Å². The van der Waals surface area contributed by atoms with E-state index in [9.17, 15) is 14.7 Å². The molecule has 9 atom stereocenters. The Morgan fingerprint density at radius 2 is 1.63 bits per heavy atom. The van der Waals surface area contributed by atoms with Gasteiger partial charge in [0, 0.05) is 17.3 Å². The van der Waals surface area contributed by atoms with Crippen LogP contribution >= 0.6 is 0 Å². The Morgan fingerprint density at radius 1 is 0.943 bits per heavy atom. The van der Waals surface area contributed by atoms with E-state index >= 15 is 0 Å². The maximum Gasteiger partial charge on any atom is 0.311 e. The number of hydrogen-bond donors (Lipinski definition) is 1. The van der Waals surface area contributed by atoms with Crippen LogP contribution in [0.25, 0.3) is 0 Å². The third-order valence-corrected chi connectivity index (χ3v) is 13.3. The number of esters is 1. The smallest absolute Gasteiger partial charge is 0.311 e. The number of ether oxygens (including phenoxy) is 1. The molecule has 5 aliphatic rings. The van der Waals surface area contributed by atoms with E-state index in [2.05, 4.69) is 47.6 Å². The highest BCUT2D eigenvalue weighted by Gasteiger charge is 2.69. The molecule has 0 spiro atoms. The van der Waals surface area contributed by atoms with Gasteiger partial charge in [0.25, 0.3) is 0 Å². The normalized spacial score (nSPS) is 52.8. The Morgan fingerprint density at radius 3 is 2.29 bits per heavy atom. The molecule has 0 bridgehead atoms. The summed E-state index contributed by atoms with van der Waals surface area (Å²) in [4.78, 5) is 25.8. The van der Waals surface area contributed by atoms with Crippen molar-refractivity contribution in [2.45, 2.75) is 112 Å². The maximum absolute atomic E-state index is 12.9. The summed E-state index contributed by atoms with van der Waals surface area (Å²) in [5.41, 5.74) is 0.808. The standard InChI is InChI=1S/C31H48O4/c1-26(2)21-11-14-31(7)22(29(21,5)13-12-23(26)32)10-9-19-20-17-27(3,25(34)35-8)18-24(33)28(20,4)15-16-30(19,31)6/h9,20-22,24,33H,10-18H2,1-8H3/t20-,21-,22+,24?,27-,28+,29-,30+,31+/m0/s1. The minimum Gasteiger partial charge on any atom is -0.469 e. The van der Waals surface area contributed by atoms with Gasteiger partial charge in [-0.1, -0.05) is 53.2 Å². The Balaban J connectivity index is 1.58. The predicted octanol–water partition coefficient (Wildman–Crippen LogP) is 6.50. The molecule has 0 aromatic heterocycles. The minimum absolute atomic E-state index is 0.0494. The van der Waals surface area contributed by atoms with Gasteiger partial charge in [-0.3, -0.25) is 9.59 Å². The van der Waals surface area contributed by atoms with Crippen molar-refractivity contribution < 1.29 is 19.4 Å². The van der Waals surface area contributed by atoms with Crippen LogP contribution in [-0.2, 0) is 14.3 Å². The van der Waals surface area contributed by atoms with Crippen molar-refractivity contribution in [1.29, 1.82) is 0 Å². The average molecular weight is 485 g/mol. The van der Waals surface area contributed by atoms with E-state index in [0.717, 1.165) is 44.9 Å². The molecule has 35 heavy (non-hydrogen) atoms. The number of Topliss-reactive ketones (excluding diaryl/α,β-unsaturated/α-hetero) is 1. The van der Waals surface area contributed by atoms with Crippen molar-refractivity contribution in [3.05, 3.63) is 11.6 Å². The molecule has 4 heteroatoms. The first-order valence-corrected chi connectivity index (χ1v) is 14.1. The van der Waals surface area contributed by atoms with E-state index in [1.807, 2.05) is 6.92 Å².